The topological polar surface area (TPSA) is 67.4 Å². The van der Waals surface area contributed by atoms with Gasteiger partial charge in [-0.05, 0) is 40.0 Å². The maximum atomic E-state index is 12.3. The van der Waals surface area contributed by atoms with Crippen molar-refractivity contribution in [2.45, 2.75) is 155 Å². The SMILES string of the molecule is CCCCCCCCCCCCCCCC(=O)NC(C)(C)CCOC(C)CCNC(=O)CC. The fourth-order valence-corrected chi connectivity index (χ4v) is 3.94. The Morgan fingerprint density at radius 3 is 1.82 bits per heavy atom. The molecule has 1 atom stereocenters. The van der Waals surface area contributed by atoms with Gasteiger partial charge in [0.15, 0.2) is 0 Å². The highest BCUT2D eigenvalue weighted by Crippen LogP contribution is 2.14. The predicted molar refractivity (Wildman–Crippen MR) is 140 cm³/mol. The first-order valence-electron chi connectivity index (χ1n) is 14.0. The van der Waals surface area contributed by atoms with Crippen molar-refractivity contribution < 1.29 is 14.3 Å². The van der Waals surface area contributed by atoms with Gasteiger partial charge in [-0.1, -0.05) is 90.9 Å². The van der Waals surface area contributed by atoms with E-state index < -0.39 is 0 Å². The van der Waals surface area contributed by atoms with Crippen molar-refractivity contribution in [1.29, 1.82) is 0 Å². The molecular formula is C28H56N2O3. The minimum absolute atomic E-state index is 0.0783. The summed E-state index contributed by atoms with van der Waals surface area (Å²) >= 11 is 0. The van der Waals surface area contributed by atoms with Crippen LogP contribution in [0.4, 0.5) is 0 Å². The van der Waals surface area contributed by atoms with Crippen molar-refractivity contribution in [3.05, 3.63) is 0 Å². The number of amides is 2. The molecule has 0 aliphatic rings. The van der Waals surface area contributed by atoms with E-state index in [-0.39, 0.29) is 23.5 Å². The van der Waals surface area contributed by atoms with Gasteiger partial charge in [0.1, 0.15) is 0 Å². The minimum atomic E-state index is -0.260. The van der Waals surface area contributed by atoms with E-state index in [2.05, 4.69) is 31.4 Å². The lowest BCUT2D eigenvalue weighted by Gasteiger charge is -2.27. The standard InChI is InChI=1S/C28H56N2O3/c1-6-8-9-10-11-12-13-14-15-16-17-18-19-20-27(32)30-28(4,5)22-24-33-25(3)21-23-29-26(31)7-2/h25H,6-24H2,1-5H3,(H,29,31)(H,30,32). The molecule has 0 saturated carbocycles. The van der Waals surface area contributed by atoms with E-state index in [1.165, 1.54) is 70.6 Å². The van der Waals surface area contributed by atoms with E-state index in [4.69, 9.17) is 4.74 Å². The van der Waals surface area contributed by atoms with Gasteiger partial charge < -0.3 is 15.4 Å². The van der Waals surface area contributed by atoms with E-state index in [9.17, 15) is 9.59 Å². The molecule has 2 N–H and O–H groups in total. The largest absolute Gasteiger partial charge is 0.378 e. The second-order valence-electron chi connectivity index (χ2n) is 10.3. The molecule has 2 amide bonds. The summed E-state index contributed by atoms with van der Waals surface area (Å²) in [6.07, 6.45) is 20.0. The Morgan fingerprint density at radius 1 is 0.788 bits per heavy atom. The fraction of sp³-hybridized carbons (Fsp3) is 0.929. The first-order valence-corrected chi connectivity index (χ1v) is 14.0. The lowest BCUT2D eigenvalue weighted by molar-refractivity contribution is -0.123. The number of unbranched alkanes of at least 4 members (excludes halogenated alkanes) is 12. The van der Waals surface area contributed by atoms with E-state index in [0.29, 0.717) is 26.0 Å². The summed E-state index contributed by atoms with van der Waals surface area (Å²) < 4.78 is 5.85. The van der Waals surface area contributed by atoms with Crippen LogP contribution in [0.5, 0.6) is 0 Å². The van der Waals surface area contributed by atoms with Crippen molar-refractivity contribution in [1.82, 2.24) is 10.6 Å². The van der Waals surface area contributed by atoms with Gasteiger partial charge in [0, 0.05) is 31.5 Å². The Hall–Kier alpha value is -1.10. The first kappa shape index (κ1) is 31.9. The third-order valence-electron chi connectivity index (χ3n) is 6.31. The average Bonchev–Trinajstić information content (AvgIpc) is 2.76. The van der Waals surface area contributed by atoms with E-state index in [0.717, 1.165) is 25.7 Å². The van der Waals surface area contributed by atoms with Crippen LogP contribution in [0.1, 0.15) is 144 Å². The number of carbonyl (C=O) groups is 2. The molecule has 0 heterocycles. The van der Waals surface area contributed by atoms with Gasteiger partial charge in [0.2, 0.25) is 11.8 Å². The summed E-state index contributed by atoms with van der Waals surface area (Å²) in [5.41, 5.74) is -0.260. The third kappa shape index (κ3) is 22.5. The van der Waals surface area contributed by atoms with Crippen LogP contribution in [0.2, 0.25) is 0 Å². The van der Waals surface area contributed by atoms with E-state index in [1.54, 1.807) is 0 Å². The van der Waals surface area contributed by atoms with E-state index in [1.807, 2.05) is 13.8 Å². The van der Waals surface area contributed by atoms with Crippen LogP contribution in [-0.2, 0) is 14.3 Å². The molecule has 0 aromatic rings. The smallest absolute Gasteiger partial charge is 0.220 e. The third-order valence-corrected chi connectivity index (χ3v) is 6.31. The van der Waals surface area contributed by atoms with Crippen LogP contribution in [0, 0.1) is 0 Å². The Bertz CT molecular complexity index is 480. The summed E-state index contributed by atoms with van der Waals surface area (Å²) in [5, 5.41) is 6.03. The Labute approximate surface area is 205 Å². The predicted octanol–water partition coefficient (Wildman–Crippen LogP) is 7.07. The molecule has 5 heteroatoms. The number of hydrogen-bond donors (Lipinski definition) is 2. The molecule has 0 aliphatic heterocycles. The van der Waals surface area contributed by atoms with Crippen LogP contribution >= 0.6 is 0 Å². The molecule has 0 rings (SSSR count). The Balaban J connectivity index is 3.60. The highest BCUT2D eigenvalue weighted by atomic mass is 16.5. The van der Waals surface area contributed by atoms with Gasteiger partial charge in [0.25, 0.3) is 0 Å². The van der Waals surface area contributed by atoms with Crippen LogP contribution < -0.4 is 10.6 Å². The molecule has 1 unspecified atom stereocenters. The van der Waals surface area contributed by atoms with Crippen LogP contribution in [0.25, 0.3) is 0 Å². The van der Waals surface area contributed by atoms with Crippen LogP contribution in [-0.4, -0.2) is 36.6 Å². The zero-order valence-corrected chi connectivity index (χ0v) is 22.7. The summed E-state index contributed by atoms with van der Waals surface area (Å²) in [6.45, 7) is 11.5. The maximum Gasteiger partial charge on any atom is 0.220 e. The Kier molecular flexibility index (Phi) is 20.7. The fourth-order valence-electron chi connectivity index (χ4n) is 3.94. The van der Waals surface area contributed by atoms with Crippen molar-refractivity contribution in [3.63, 3.8) is 0 Å². The molecule has 0 aromatic carbocycles. The van der Waals surface area contributed by atoms with E-state index >= 15 is 0 Å². The second kappa shape index (κ2) is 21.4. The van der Waals surface area contributed by atoms with Crippen molar-refractivity contribution in [2.75, 3.05) is 13.2 Å². The molecule has 5 nitrogen and oxygen atoms in total. The lowest BCUT2D eigenvalue weighted by atomic mass is 10.0. The van der Waals surface area contributed by atoms with Gasteiger partial charge in [-0.3, -0.25) is 9.59 Å². The van der Waals surface area contributed by atoms with Crippen molar-refractivity contribution in [2.24, 2.45) is 0 Å². The summed E-state index contributed by atoms with van der Waals surface area (Å²) in [5.74, 6) is 0.230. The average molecular weight is 469 g/mol. The summed E-state index contributed by atoms with van der Waals surface area (Å²) in [6, 6.07) is 0. The van der Waals surface area contributed by atoms with Gasteiger partial charge in [-0.15, -0.1) is 0 Å². The van der Waals surface area contributed by atoms with Gasteiger partial charge >= 0.3 is 0 Å². The zero-order valence-electron chi connectivity index (χ0n) is 22.7. The second-order valence-corrected chi connectivity index (χ2v) is 10.3. The molecule has 0 bridgehead atoms. The monoisotopic (exact) mass is 468 g/mol. The van der Waals surface area contributed by atoms with Crippen molar-refractivity contribution in [3.8, 4) is 0 Å². The van der Waals surface area contributed by atoms with Crippen molar-refractivity contribution >= 4 is 11.8 Å². The molecule has 196 valence electrons. The molecule has 0 aromatic heterocycles. The number of ether oxygens (including phenoxy) is 1. The number of carbonyl (C=O) groups excluding carboxylic acids is 2. The first-order chi connectivity index (χ1) is 15.8. The zero-order chi connectivity index (χ0) is 24.8. The molecule has 0 radical (unpaired) electrons. The van der Waals surface area contributed by atoms with Crippen LogP contribution in [0.3, 0.4) is 0 Å². The molecule has 33 heavy (non-hydrogen) atoms. The molecule has 0 saturated heterocycles. The number of hydrogen-bond acceptors (Lipinski definition) is 3. The molecular weight excluding hydrogens is 412 g/mol. The molecule has 0 aliphatic carbocycles. The summed E-state index contributed by atoms with van der Waals surface area (Å²) in [4.78, 5) is 23.6. The number of rotatable bonds is 23. The normalized spacial score (nSPS) is 12.5. The lowest BCUT2D eigenvalue weighted by Crippen LogP contribution is -2.44. The molecule has 0 spiro atoms. The Morgan fingerprint density at radius 2 is 1.30 bits per heavy atom. The van der Waals surface area contributed by atoms with Gasteiger partial charge in [0.05, 0.1) is 6.10 Å². The molecule has 0 fully saturated rings. The van der Waals surface area contributed by atoms with Crippen LogP contribution in [0.15, 0.2) is 0 Å². The van der Waals surface area contributed by atoms with Gasteiger partial charge in [-0.2, -0.15) is 0 Å². The summed E-state index contributed by atoms with van der Waals surface area (Å²) in [7, 11) is 0. The minimum Gasteiger partial charge on any atom is -0.378 e. The maximum absolute atomic E-state index is 12.3. The highest BCUT2D eigenvalue weighted by molar-refractivity contribution is 5.76. The van der Waals surface area contributed by atoms with Gasteiger partial charge in [-0.25, -0.2) is 0 Å². The number of nitrogens with one attached hydrogen (secondary N) is 2. The highest BCUT2D eigenvalue weighted by Gasteiger charge is 2.20. The quantitative estimate of drug-likeness (QED) is 0.158.